The quantitative estimate of drug-likeness (QED) is 0.562. The van der Waals surface area contributed by atoms with Crippen LogP contribution in [-0.4, -0.2) is 46.5 Å². The fraction of sp³-hybridized carbons (Fsp3) is 0.318. The van der Waals surface area contributed by atoms with Crippen LogP contribution in [0.15, 0.2) is 60.7 Å². The van der Waals surface area contributed by atoms with Gasteiger partial charge in [-0.1, -0.05) is 60.7 Å². The second kappa shape index (κ2) is 9.84. The van der Waals surface area contributed by atoms with Crippen LogP contribution in [0.2, 0.25) is 0 Å². The third-order valence-electron chi connectivity index (χ3n) is 4.86. The van der Waals surface area contributed by atoms with E-state index in [1.807, 2.05) is 60.7 Å². The van der Waals surface area contributed by atoms with Crippen molar-refractivity contribution >= 4 is 17.8 Å². The van der Waals surface area contributed by atoms with Crippen LogP contribution in [0.3, 0.4) is 0 Å². The molecule has 4 amide bonds. The average molecular weight is 395 g/mol. The lowest BCUT2D eigenvalue weighted by Gasteiger charge is -2.17. The number of rotatable bonds is 9. The monoisotopic (exact) mass is 395 g/mol. The van der Waals surface area contributed by atoms with Gasteiger partial charge < -0.3 is 15.7 Å². The number of urea groups is 1. The van der Waals surface area contributed by atoms with E-state index in [0.717, 1.165) is 11.1 Å². The average Bonchev–Trinajstić information content (AvgIpc) is 3.01. The van der Waals surface area contributed by atoms with Crippen LogP contribution in [0.25, 0.3) is 0 Å². The Morgan fingerprint density at radius 2 is 1.66 bits per heavy atom. The topological polar surface area (TPSA) is 98.7 Å². The first-order valence-electron chi connectivity index (χ1n) is 9.66. The van der Waals surface area contributed by atoms with Gasteiger partial charge in [-0.2, -0.15) is 0 Å². The highest BCUT2D eigenvalue weighted by Crippen LogP contribution is 2.15. The molecule has 0 radical (unpaired) electrons. The lowest BCUT2D eigenvalue weighted by molar-refractivity contribution is -0.128. The van der Waals surface area contributed by atoms with Gasteiger partial charge in [0.15, 0.2) is 0 Å². The molecule has 2 aromatic carbocycles. The fourth-order valence-electron chi connectivity index (χ4n) is 3.32. The number of amides is 4. The molecule has 2 aromatic rings. The second-order valence-electron chi connectivity index (χ2n) is 7.09. The Bertz CT molecular complexity index is 842. The van der Waals surface area contributed by atoms with Gasteiger partial charge in [-0.15, -0.1) is 0 Å². The van der Waals surface area contributed by atoms with E-state index in [2.05, 4.69) is 10.6 Å². The van der Waals surface area contributed by atoms with Crippen molar-refractivity contribution < 1.29 is 19.5 Å². The van der Waals surface area contributed by atoms with Crippen LogP contribution in [0, 0.1) is 0 Å². The predicted octanol–water partition coefficient (Wildman–Crippen LogP) is 1.61. The molecule has 0 aliphatic carbocycles. The van der Waals surface area contributed by atoms with Gasteiger partial charge in [-0.3, -0.25) is 14.5 Å². The van der Waals surface area contributed by atoms with Gasteiger partial charge in [0.25, 0.3) is 5.91 Å². The summed E-state index contributed by atoms with van der Waals surface area (Å²) in [6.45, 7) is 0.0302. The molecule has 0 spiro atoms. The molecule has 1 fully saturated rings. The first-order valence-corrected chi connectivity index (χ1v) is 9.66. The predicted molar refractivity (Wildman–Crippen MR) is 108 cm³/mol. The molecule has 0 aromatic heterocycles. The van der Waals surface area contributed by atoms with E-state index in [1.54, 1.807) is 0 Å². The highest BCUT2D eigenvalue weighted by molar-refractivity contribution is 6.04. The molecule has 3 N–H and O–H groups in total. The maximum Gasteiger partial charge on any atom is 0.325 e. The van der Waals surface area contributed by atoms with E-state index in [-0.39, 0.29) is 37.8 Å². The number of carbonyl (C=O) groups excluding carboxylic acids is 3. The molecule has 1 heterocycles. The molecule has 1 aliphatic heterocycles. The van der Waals surface area contributed by atoms with E-state index in [1.165, 1.54) is 4.90 Å². The third-order valence-corrected chi connectivity index (χ3v) is 4.86. The summed E-state index contributed by atoms with van der Waals surface area (Å²) in [5.74, 6) is -0.585. The van der Waals surface area contributed by atoms with Crippen molar-refractivity contribution in [2.24, 2.45) is 0 Å². The Balaban J connectivity index is 1.48. The molecule has 0 saturated carbocycles. The van der Waals surface area contributed by atoms with Crippen LogP contribution in [0.4, 0.5) is 4.79 Å². The van der Waals surface area contributed by atoms with E-state index in [0.29, 0.717) is 6.42 Å². The maximum absolute atomic E-state index is 12.5. The maximum atomic E-state index is 12.5. The van der Waals surface area contributed by atoms with Crippen LogP contribution >= 0.6 is 0 Å². The summed E-state index contributed by atoms with van der Waals surface area (Å²) in [4.78, 5) is 38.1. The van der Waals surface area contributed by atoms with Crippen molar-refractivity contribution in [3.8, 4) is 0 Å². The minimum Gasteiger partial charge on any atom is -0.394 e. The number of aliphatic hydroxyl groups excluding tert-OH is 1. The molecule has 0 unspecified atom stereocenters. The van der Waals surface area contributed by atoms with E-state index < -0.39 is 18.1 Å². The van der Waals surface area contributed by atoms with Gasteiger partial charge in [-0.05, 0) is 24.0 Å². The van der Waals surface area contributed by atoms with Gasteiger partial charge in [0, 0.05) is 6.42 Å². The SMILES string of the molecule is O=C(CC[C@@H]1NC(=O)N(Cc2ccccc2)C1=O)N[C@H](CO)Cc1ccccc1. The Morgan fingerprint density at radius 1 is 1.03 bits per heavy atom. The van der Waals surface area contributed by atoms with Crippen molar-refractivity contribution in [1.29, 1.82) is 0 Å². The van der Waals surface area contributed by atoms with E-state index in [4.69, 9.17) is 0 Å². The first-order chi connectivity index (χ1) is 14.1. The molecule has 1 saturated heterocycles. The number of hydrogen-bond donors (Lipinski definition) is 3. The Labute approximate surface area is 169 Å². The number of imide groups is 1. The summed E-state index contributed by atoms with van der Waals surface area (Å²) in [6.07, 6.45) is 0.819. The number of aliphatic hydroxyl groups is 1. The second-order valence-corrected chi connectivity index (χ2v) is 7.09. The summed E-state index contributed by atoms with van der Waals surface area (Å²) in [7, 11) is 0. The summed E-state index contributed by atoms with van der Waals surface area (Å²) < 4.78 is 0. The molecule has 29 heavy (non-hydrogen) atoms. The van der Waals surface area contributed by atoms with Gasteiger partial charge in [-0.25, -0.2) is 4.79 Å². The summed E-state index contributed by atoms with van der Waals surface area (Å²) in [6, 6.07) is 17.3. The van der Waals surface area contributed by atoms with Crippen molar-refractivity contribution in [2.75, 3.05) is 6.61 Å². The van der Waals surface area contributed by atoms with E-state index in [9.17, 15) is 19.5 Å². The van der Waals surface area contributed by atoms with Crippen molar-refractivity contribution in [3.63, 3.8) is 0 Å². The lowest BCUT2D eigenvalue weighted by atomic mass is 10.1. The Kier molecular flexibility index (Phi) is 6.97. The van der Waals surface area contributed by atoms with Gasteiger partial charge in [0.05, 0.1) is 19.2 Å². The summed E-state index contributed by atoms with van der Waals surface area (Å²) in [5.41, 5.74) is 1.88. The number of benzene rings is 2. The Morgan fingerprint density at radius 3 is 2.28 bits per heavy atom. The minimum atomic E-state index is -0.710. The smallest absolute Gasteiger partial charge is 0.325 e. The molecule has 3 rings (SSSR count). The summed E-state index contributed by atoms with van der Waals surface area (Å²) in [5, 5.41) is 15.0. The molecular formula is C22H25N3O4. The molecule has 1 aliphatic rings. The van der Waals surface area contributed by atoms with Crippen molar-refractivity contribution in [3.05, 3.63) is 71.8 Å². The molecular weight excluding hydrogens is 370 g/mol. The number of nitrogens with one attached hydrogen (secondary N) is 2. The zero-order valence-electron chi connectivity index (χ0n) is 16.1. The van der Waals surface area contributed by atoms with Crippen LogP contribution in [0.5, 0.6) is 0 Å². The third kappa shape index (κ3) is 5.65. The van der Waals surface area contributed by atoms with Gasteiger partial charge in [0.1, 0.15) is 6.04 Å². The fourth-order valence-corrected chi connectivity index (χ4v) is 3.32. The van der Waals surface area contributed by atoms with Crippen LogP contribution in [0.1, 0.15) is 24.0 Å². The van der Waals surface area contributed by atoms with Crippen LogP contribution in [-0.2, 0) is 22.6 Å². The summed E-state index contributed by atoms with van der Waals surface area (Å²) >= 11 is 0. The van der Waals surface area contributed by atoms with E-state index >= 15 is 0 Å². The van der Waals surface area contributed by atoms with Gasteiger partial charge in [0.2, 0.25) is 5.91 Å². The molecule has 7 heteroatoms. The first kappa shape index (κ1) is 20.5. The lowest BCUT2D eigenvalue weighted by Crippen LogP contribution is -2.40. The highest BCUT2D eigenvalue weighted by atomic mass is 16.3. The zero-order valence-corrected chi connectivity index (χ0v) is 16.1. The standard InChI is InChI=1S/C22H25N3O4/c26-15-18(13-16-7-3-1-4-8-16)23-20(27)12-11-19-21(28)25(22(29)24-19)14-17-9-5-2-6-10-17/h1-10,18-19,26H,11-15H2,(H,23,27)(H,24,29)/t18-,19-/m0/s1. The minimum absolute atomic E-state index is 0.0845. The number of carbonyl (C=O) groups is 3. The molecule has 2 atom stereocenters. The molecule has 0 bridgehead atoms. The number of hydrogen-bond acceptors (Lipinski definition) is 4. The molecule has 7 nitrogen and oxygen atoms in total. The molecule has 152 valence electrons. The van der Waals surface area contributed by atoms with Crippen molar-refractivity contribution in [2.45, 2.75) is 37.9 Å². The largest absolute Gasteiger partial charge is 0.394 e. The zero-order chi connectivity index (χ0) is 20.6. The normalized spacial score (nSPS) is 17.1. The van der Waals surface area contributed by atoms with Crippen molar-refractivity contribution in [1.82, 2.24) is 15.5 Å². The number of nitrogens with zero attached hydrogens (tertiary/aromatic N) is 1. The Hall–Kier alpha value is -3.19. The van der Waals surface area contributed by atoms with Gasteiger partial charge >= 0.3 is 6.03 Å². The van der Waals surface area contributed by atoms with Crippen LogP contribution < -0.4 is 10.6 Å². The highest BCUT2D eigenvalue weighted by Gasteiger charge is 2.37.